The molecule has 0 fully saturated rings. The summed E-state index contributed by atoms with van der Waals surface area (Å²) in [5.74, 6) is 0. The predicted octanol–water partition coefficient (Wildman–Crippen LogP) is 2.94. The van der Waals surface area contributed by atoms with Gasteiger partial charge in [0.1, 0.15) is 0 Å². The van der Waals surface area contributed by atoms with Gasteiger partial charge in [-0.1, -0.05) is 44.4 Å². The smallest absolute Gasteiger partial charge is 0.0437 e. The molecule has 2 heteroatoms. The van der Waals surface area contributed by atoms with Gasteiger partial charge in [-0.2, -0.15) is 0 Å². The Morgan fingerprint density at radius 3 is 2.42 bits per heavy atom. The van der Waals surface area contributed by atoms with Crippen molar-refractivity contribution in [3.63, 3.8) is 0 Å². The molecule has 0 bridgehead atoms. The van der Waals surface area contributed by atoms with Gasteiger partial charge in [0.2, 0.25) is 0 Å². The fourth-order valence-electron chi connectivity index (χ4n) is 1.61. The normalized spacial score (nSPS) is 26.1. The summed E-state index contributed by atoms with van der Waals surface area (Å²) in [6.45, 7) is 10.3. The van der Waals surface area contributed by atoms with Crippen LogP contribution < -0.4 is 0 Å². The highest BCUT2D eigenvalue weighted by molar-refractivity contribution is 7.96. The van der Waals surface area contributed by atoms with Crippen LogP contribution in [0.25, 0.3) is 0 Å². The Morgan fingerprint density at radius 1 is 1.50 bits per heavy atom. The van der Waals surface area contributed by atoms with Crippen molar-refractivity contribution in [2.75, 3.05) is 12.8 Å². The Balaban J connectivity index is 2.74. The zero-order valence-corrected chi connectivity index (χ0v) is 9.53. The van der Waals surface area contributed by atoms with Gasteiger partial charge in [-0.15, -0.1) is 0 Å². The molecule has 0 saturated carbocycles. The second-order valence-electron chi connectivity index (χ2n) is 4.58. The van der Waals surface area contributed by atoms with E-state index < -0.39 is 0 Å². The third-order valence-electron chi connectivity index (χ3n) is 2.28. The van der Waals surface area contributed by atoms with Crippen LogP contribution in [0, 0.1) is 5.41 Å². The molecule has 1 atom stereocenters. The van der Waals surface area contributed by atoms with E-state index in [0.29, 0.717) is 11.5 Å². The van der Waals surface area contributed by atoms with Gasteiger partial charge in [0.15, 0.2) is 0 Å². The van der Waals surface area contributed by atoms with E-state index in [0.717, 1.165) is 6.54 Å². The molecule has 0 aliphatic carbocycles. The molecular formula is C10H19NS. The van der Waals surface area contributed by atoms with Crippen LogP contribution >= 0.6 is 11.9 Å². The van der Waals surface area contributed by atoms with Gasteiger partial charge < -0.3 is 0 Å². The van der Waals surface area contributed by atoms with Crippen molar-refractivity contribution in [1.29, 1.82) is 0 Å². The van der Waals surface area contributed by atoms with E-state index in [1.54, 1.807) is 0 Å². The summed E-state index contributed by atoms with van der Waals surface area (Å²) >= 11 is 1.85. The molecule has 0 aromatic rings. The van der Waals surface area contributed by atoms with Gasteiger partial charge in [-0.3, -0.25) is 0 Å². The molecule has 0 amide bonds. The van der Waals surface area contributed by atoms with E-state index in [4.69, 9.17) is 0 Å². The minimum atomic E-state index is 0.362. The van der Waals surface area contributed by atoms with Gasteiger partial charge in [0, 0.05) is 12.6 Å². The topological polar surface area (TPSA) is 3.24 Å². The highest BCUT2D eigenvalue weighted by atomic mass is 32.2. The van der Waals surface area contributed by atoms with Crippen LogP contribution in [0.2, 0.25) is 0 Å². The molecule has 1 rings (SSSR count). The van der Waals surface area contributed by atoms with Crippen molar-refractivity contribution < 1.29 is 0 Å². The van der Waals surface area contributed by atoms with Crippen molar-refractivity contribution >= 4 is 11.9 Å². The minimum absolute atomic E-state index is 0.362. The molecule has 1 aliphatic heterocycles. The molecule has 0 spiro atoms. The minimum Gasteiger partial charge on any atom is -0.239 e. The molecular weight excluding hydrogens is 166 g/mol. The summed E-state index contributed by atoms with van der Waals surface area (Å²) in [6.07, 6.45) is 4.56. The predicted molar refractivity (Wildman–Crippen MR) is 57.2 cm³/mol. The third-order valence-corrected chi connectivity index (χ3v) is 3.10. The molecule has 0 radical (unpaired) electrons. The lowest BCUT2D eigenvalue weighted by Gasteiger charge is -2.32. The fraction of sp³-hybridized carbons (Fsp3) is 0.800. The Morgan fingerprint density at radius 2 is 2.08 bits per heavy atom. The molecule has 70 valence electrons. The van der Waals surface area contributed by atoms with E-state index >= 15 is 0 Å². The lowest BCUT2D eigenvalue weighted by molar-refractivity contribution is 0.258. The summed E-state index contributed by atoms with van der Waals surface area (Å²) in [5.41, 5.74) is 1.87. The second-order valence-corrected chi connectivity index (χ2v) is 5.42. The van der Waals surface area contributed by atoms with Crippen LogP contribution in [-0.2, 0) is 0 Å². The monoisotopic (exact) mass is 185 g/mol. The highest BCUT2D eigenvalue weighted by Gasteiger charge is 2.32. The maximum absolute atomic E-state index is 2.45. The third kappa shape index (κ3) is 2.05. The van der Waals surface area contributed by atoms with Gasteiger partial charge in [0.05, 0.1) is 0 Å². The first-order valence-electron chi connectivity index (χ1n) is 4.43. The standard InChI is InChI=1S/C10H19NS/c1-8-6-9(10(2,3)4)11(7-8)12-5/h6,9H,7H2,1-5H3. The Labute approximate surface area is 80.3 Å². The van der Waals surface area contributed by atoms with Crippen LogP contribution in [0.15, 0.2) is 11.6 Å². The maximum Gasteiger partial charge on any atom is 0.0437 e. The SMILES string of the molecule is CSN1CC(C)=CC1C(C)(C)C. The first-order chi connectivity index (χ1) is 5.45. The molecule has 0 aromatic carbocycles. The molecule has 1 nitrogen and oxygen atoms in total. The largest absolute Gasteiger partial charge is 0.239 e. The van der Waals surface area contributed by atoms with Crippen molar-refractivity contribution in [2.24, 2.45) is 5.41 Å². The van der Waals surface area contributed by atoms with Crippen molar-refractivity contribution in [3.8, 4) is 0 Å². The Kier molecular flexibility index (Phi) is 2.89. The van der Waals surface area contributed by atoms with Crippen LogP contribution in [-0.4, -0.2) is 23.1 Å². The molecule has 0 N–H and O–H groups in total. The van der Waals surface area contributed by atoms with Gasteiger partial charge in [-0.05, 0) is 18.6 Å². The van der Waals surface area contributed by atoms with E-state index in [9.17, 15) is 0 Å². The van der Waals surface area contributed by atoms with E-state index in [1.807, 2.05) is 11.9 Å². The van der Waals surface area contributed by atoms with Crippen LogP contribution in [0.1, 0.15) is 27.7 Å². The molecule has 1 heterocycles. The summed E-state index contributed by atoms with van der Waals surface area (Å²) in [6, 6.07) is 0.604. The van der Waals surface area contributed by atoms with Crippen LogP contribution in [0.3, 0.4) is 0 Å². The summed E-state index contributed by atoms with van der Waals surface area (Å²) < 4.78 is 2.45. The Bertz CT molecular complexity index is 191. The fourth-order valence-corrected chi connectivity index (χ4v) is 2.55. The van der Waals surface area contributed by atoms with E-state index in [-0.39, 0.29) is 0 Å². The number of rotatable bonds is 1. The number of hydrogen-bond donors (Lipinski definition) is 0. The van der Waals surface area contributed by atoms with Crippen molar-refractivity contribution in [1.82, 2.24) is 4.31 Å². The first-order valence-corrected chi connectivity index (χ1v) is 5.61. The molecule has 1 aliphatic rings. The maximum atomic E-state index is 2.45. The lowest BCUT2D eigenvalue weighted by Crippen LogP contribution is -2.35. The zero-order valence-electron chi connectivity index (χ0n) is 8.72. The van der Waals surface area contributed by atoms with Gasteiger partial charge >= 0.3 is 0 Å². The van der Waals surface area contributed by atoms with Crippen LogP contribution in [0.4, 0.5) is 0 Å². The van der Waals surface area contributed by atoms with Crippen molar-refractivity contribution in [2.45, 2.75) is 33.7 Å². The van der Waals surface area contributed by atoms with Crippen LogP contribution in [0.5, 0.6) is 0 Å². The van der Waals surface area contributed by atoms with E-state index in [1.165, 1.54) is 5.57 Å². The molecule has 1 unspecified atom stereocenters. The zero-order chi connectivity index (χ0) is 9.35. The second kappa shape index (κ2) is 3.43. The van der Waals surface area contributed by atoms with E-state index in [2.05, 4.69) is 44.3 Å². The lowest BCUT2D eigenvalue weighted by atomic mass is 9.87. The highest BCUT2D eigenvalue weighted by Crippen LogP contribution is 2.34. The average Bonchev–Trinajstić information content (AvgIpc) is 2.29. The van der Waals surface area contributed by atoms with Crippen molar-refractivity contribution in [3.05, 3.63) is 11.6 Å². The quantitative estimate of drug-likeness (QED) is 0.456. The van der Waals surface area contributed by atoms with Gasteiger partial charge in [-0.25, -0.2) is 4.31 Å². The molecule has 0 saturated heterocycles. The summed E-state index contributed by atoms with van der Waals surface area (Å²) in [4.78, 5) is 0. The number of hydrogen-bond acceptors (Lipinski definition) is 2. The van der Waals surface area contributed by atoms with Gasteiger partial charge in [0.25, 0.3) is 0 Å². The summed E-state index contributed by atoms with van der Waals surface area (Å²) in [5, 5.41) is 0. The molecule has 0 aromatic heterocycles. The average molecular weight is 185 g/mol. The first kappa shape index (κ1) is 10.1. The number of nitrogens with zero attached hydrogens (tertiary/aromatic N) is 1. The molecule has 12 heavy (non-hydrogen) atoms. The summed E-state index contributed by atoms with van der Waals surface area (Å²) in [7, 11) is 0. The Hall–Kier alpha value is 0.0500.